The van der Waals surface area contributed by atoms with E-state index in [2.05, 4.69) is 5.32 Å². The van der Waals surface area contributed by atoms with Crippen LogP contribution in [-0.2, 0) is 14.3 Å². The lowest BCUT2D eigenvalue weighted by Gasteiger charge is -2.26. The molecule has 1 heterocycles. The quantitative estimate of drug-likeness (QED) is 0.409. The third-order valence-electron chi connectivity index (χ3n) is 4.64. The zero-order valence-corrected chi connectivity index (χ0v) is 19.1. The Bertz CT molecular complexity index is 1030. The van der Waals surface area contributed by atoms with E-state index in [4.69, 9.17) is 18.9 Å². The SMILES string of the molecule is COC(=O)[C@H](N=C(c1ccccc1)c1ccccc1)[C@@H](NC(=O)OC(C)(C)C)c1ccco1. The zero-order valence-electron chi connectivity index (χ0n) is 19.1. The maximum atomic E-state index is 13.0. The van der Waals surface area contributed by atoms with Gasteiger partial charge in [0.15, 0.2) is 6.04 Å². The number of ether oxygens (including phenoxy) is 2. The Labute approximate surface area is 193 Å². The minimum absolute atomic E-state index is 0.348. The van der Waals surface area contributed by atoms with Crippen molar-refractivity contribution in [1.29, 1.82) is 0 Å². The second-order valence-corrected chi connectivity index (χ2v) is 8.32. The van der Waals surface area contributed by atoms with Crippen molar-refractivity contribution in [3.05, 3.63) is 95.9 Å². The van der Waals surface area contributed by atoms with Crippen LogP contribution in [0.1, 0.15) is 43.7 Å². The van der Waals surface area contributed by atoms with E-state index < -0.39 is 29.7 Å². The maximum absolute atomic E-state index is 13.0. The van der Waals surface area contributed by atoms with Crippen molar-refractivity contribution in [3.8, 4) is 0 Å². The Balaban J connectivity index is 2.11. The van der Waals surface area contributed by atoms with Crippen LogP contribution in [0.3, 0.4) is 0 Å². The van der Waals surface area contributed by atoms with Gasteiger partial charge in [0, 0.05) is 11.1 Å². The van der Waals surface area contributed by atoms with Crippen molar-refractivity contribution in [2.75, 3.05) is 7.11 Å². The van der Waals surface area contributed by atoms with Crippen LogP contribution in [0.25, 0.3) is 0 Å². The second kappa shape index (κ2) is 10.6. The molecule has 1 aromatic heterocycles. The number of benzene rings is 2. The third kappa shape index (κ3) is 6.55. The average molecular weight is 449 g/mol. The molecule has 1 amide bonds. The van der Waals surface area contributed by atoms with Crippen LogP contribution in [0.2, 0.25) is 0 Å². The molecule has 0 aliphatic heterocycles. The largest absolute Gasteiger partial charge is 0.467 e. The van der Waals surface area contributed by atoms with Crippen LogP contribution in [0.4, 0.5) is 4.79 Å². The van der Waals surface area contributed by atoms with Crippen molar-refractivity contribution in [2.45, 2.75) is 38.5 Å². The molecule has 0 saturated heterocycles. The summed E-state index contributed by atoms with van der Waals surface area (Å²) in [6.45, 7) is 5.27. The van der Waals surface area contributed by atoms with Gasteiger partial charge in [0.25, 0.3) is 0 Å². The van der Waals surface area contributed by atoms with Crippen LogP contribution in [-0.4, -0.2) is 36.5 Å². The number of aliphatic imine (C=N–C) groups is 1. The summed E-state index contributed by atoms with van der Waals surface area (Å²) in [6.07, 6.45) is 0.765. The van der Waals surface area contributed by atoms with Gasteiger partial charge in [0.05, 0.1) is 19.1 Å². The lowest BCUT2D eigenvalue weighted by molar-refractivity contribution is -0.142. The molecule has 2 atom stereocenters. The molecule has 0 saturated carbocycles. The summed E-state index contributed by atoms with van der Waals surface area (Å²) in [5.41, 5.74) is 1.48. The van der Waals surface area contributed by atoms with E-state index in [0.29, 0.717) is 11.5 Å². The highest BCUT2D eigenvalue weighted by Gasteiger charge is 2.35. The molecule has 7 nitrogen and oxygen atoms in total. The molecule has 0 unspecified atom stereocenters. The topological polar surface area (TPSA) is 90.1 Å². The fourth-order valence-corrected chi connectivity index (χ4v) is 3.24. The van der Waals surface area contributed by atoms with Crippen LogP contribution in [0.5, 0.6) is 0 Å². The van der Waals surface area contributed by atoms with Gasteiger partial charge in [-0.15, -0.1) is 0 Å². The number of furan rings is 1. The number of rotatable bonds is 7. The number of alkyl carbamates (subject to hydrolysis) is 1. The van der Waals surface area contributed by atoms with E-state index in [1.807, 2.05) is 60.7 Å². The Morgan fingerprint density at radius 2 is 1.48 bits per heavy atom. The van der Waals surface area contributed by atoms with E-state index >= 15 is 0 Å². The smallest absolute Gasteiger partial charge is 0.408 e. The fourth-order valence-electron chi connectivity index (χ4n) is 3.24. The second-order valence-electron chi connectivity index (χ2n) is 8.32. The zero-order chi connectivity index (χ0) is 23.8. The predicted octanol–water partition coefficient (Wildman–Crippen LogP) is 4.92. The first-order valence-electron chi connectivity index (χ1n) is 10.6. The first kappa shape index (κ1) is 23.8. The molecular formula is C26H28N2O5. The molecule has 0 spiro atoms. The molecule has 0 radical (unpaired) electrons. The molecule has 172 valence electrons. The Kier molecular flexibility index (Phi) is 7.66. The summed E-state index contributed by atoms with van der Waals surface area (Å²) in [5.74, 6) is -0.280. The summed E-state index contributed by atoms with van der Waals surface area (Å²) in [6, 6.07) is 20.2. The van der Waals surface area contributed by atoms with E-state index in [1.54, 1.807) is 32.9 Å². The molecule has 0 bridgehead atoms. The molecule has 0 fully saturated rings. The number of esters is 1. The highest BCUT2D eigenvalue weighted by molar-refractivity contribution is 6.13. The Hall–Kier alpha value is -3.87. The van der Waals surface area contributed by atoms with Crippen molar-refractivity contribution in [1.82, 2.24) is 5.32 Å². The van der Waals surface area contributed by atoms with E-state index in [-0.39, 0.29) is 0 Å². The van der Waals surface area contributed by atoms with Crippen molar-refractivity contribution in [2.24, 2.45) is 4.99 Å². The molecule has 2 aromatic carbocycles. The first-order valence-corrected chi connectivity index (χ1v) is 10.6. The van der Waals surface area contributed by atoms with Gasteiger partial charge >= 0.3 is 12.1 Å². The molecule has 3 rings (SSSR count). The standard InChI is InChI=1S/C26H28N2O5/c1-26(2,3)33-25(30)28-22(20-16-11-17-32-20)23(24(29)31-4)27-21(18-12-7-5-8-13-18)19-14-9-6-10-15-19/h5-17,22-23H,1-4H3,(H,28,30)/t22-,23+/m0/s1. The minimum Gasteiger partial charge on any atom is -0.467 e. The molecule has 1 N–H and O–H groups in total. The number of carbonyl (C=O) groups excluding carboxylic acids is 2. The van der Waals surface area contributed by atoms with Gasteiger partial charge in [0.2, 0.25) is 0 Å². The van der Waals surface area contributed by atoms with Crippen molar-refractivity contribution in [3.63, 3.8) is 0 Å². The highest BCUT2D eigenvalue weighted by Crippen LogP contribution is 2.24. The normalized spacial score (nSPS) is 12.8. The number of methoxy groups -OCH3 is 1. The molecule has 0 aliphatic rings. The van der Waals surface area contributed by atoms with Crippen LogP contribution in [0.15, 0.2) is 88.5 Å². The minimum atomic E-state index is -1.14. The Morgan fingerprint density at radius 3 is 1.94 bits per heavy atom. The number of nitrogens with zero attached hydrogens (tertiary/aromatic N) is 1. The molecule has 7 heteroatoms. The lowest BCUT2D eigenvalue weighted by Crippen LogP contribution is -2.42. The summed E-state index contributed by atoms with van der Waals surface area (Å²) >= 11 is 0. The van der Waals surface area contributed by atoms with Crippen LogP contribution >= 0.6 is 0 Å². The fraction of sp³-hybridized carbons (Fsp3) is 0.269. The molecule has 3 aromatic rings. The van der Waals surface area contributed by atoms with Crippen molar-refractivity contribution < 1.29 is 23.5 Å². The van der Waals surface area contributed by atoms with E-state index in [1.165, 1.54) is 13.4 Å². The van der Waals surface area contributed by atoms with Crippen LogP contribution in [0, 0.1) is 0 Å². The van der Waals surface area contributed by atoms with Gasteiger partial charge in [-0.2, -0.15) is 0 Å². The first-order chi connectivity index (χ1) is 15.8. The van der Waals surface area contributed by atoms with Gasteiger partial charge in [-0.25, -0.2) is 9.59 Å². The average Bonchev–Trinajstić information content (AvgIpc) is 3.33. The molecule has 0 aliphatic carbocycles. The predicted molar refractivity (Wildman–Crippen MR) is 125 cm³/mol. The Morgan fingerprint density at radius 1 is 0.909 bits per heavy atom. The lowest BCUT2D eigenvalue weighted by atomic mass is 10.00. The number of carbonyl (C=O) groups is 2. The molecule has 33 heavy (non-hydrogen) atoms. The summed E-state index contributed by atoms with van der Waals surface area (Å²) in [4.78, 5) is 30.4. The van der Waals surface area contributed by atoms with Gasteiger partial charge in [-0.3, -0.25) is 4.99 Å². The van der Waals surface area contributed by atoms with E-state index in [9.17, 15) is 9.59 Å². The summed E-state index contributed by atoms with van der Waals surface area (Å²) in [7, 11) is 1.28. The number of nitrogens with one attached hydrogen (secondary N) is 1. The van der Waals surface area contributed by atoms with Gasteiger partial charge in [0.1, 0.15) is 17.4 Å². The summed E-state index contributed by atoms with van der Waals surface area (Å²) < 4.78 is 16.0. The van der Waals surface area contributed by atoms with Gasteiger partial charge in [-0.1, -0.05) is 60.7 Å². The van der Waals surface area contributed by atoms with E-state index in [0.717, 1.165) is 11.1 Å². The van der Waals surface area contributed by atoms with Gasteiger partial charge < -0.3 is 19.2 Å². The maximum Gasteiger partial charge on any atom is 0.408 e. The van der Waals surface area contributed by atoms with Crippen molar-refractivity contribution >= 4 is 17.8 Å². The third-order valence-corrected chi connectivity index (χ3v) is 4.64. The monoisotopic (exact) mass is 448 g/mol. The number of amides is 1. The highest BCUT2D eigenvalue weighted by atomic mass is 16.6. The number of hydrogen-bond acceptors (Lipinski definition) is 6. The van der Waals surface area contributed by atoms with Crippen LogP contribution < -0.4 is 5.32 Å². The van der Waals surface area contributed by atoms with Gasteiger partial charge in [-0.05, 0) is 32.9 Å². The number of hydrogen-bond donors (Lipinski definition) is 1. The molecular weight excluding hydrogens is 420 g/mol. The summed E-state index contributed by atoms with van der Waals surface area (Å²) in [5, 5.41) is 2.74.